The van der Waals surface area contributed by atoms with Crippen molar-refractivity contribution < 1.29 is 4.74 Å². The van der Waals surface area contributed by atoms with Crippen molar-refractivity contribution in [1.29, 1.82) is 0 Å². The molecule has 4 nitrogen and oxygen atoms in total. The Kier molecular flexibility index (Phi) is 1.94. The molecular formula is C10H15N3O. The Hall–Kier alpha value is -1.03. The largest absolute Gasteiger partial charge is 0.471 e. The number of nitrogens with one attached hydrogen (secondary N) is 1. The van der Waals surface area contributed by atoms with E-state index in [1.165, 1.54) is 18.7 Å². The van der Waals surface area contributed by atoms with Crippen LogP contribution in [0.2, 0.25) is 0 Å². The van der Waals surface area contributed by atoms with Gasteiger partial charge >= 0.3 is 0 Å². The van der Waals surface area contributed by atoms with Crippen molar-refractivity contribution in [2.75, 3.05) is 13.1 Å². The van der Waals surface area contributed by atoms with E-state index in [2.05, 4.69) is 14.9 Å². The van der Waals surface area contributed by atoms with Crippen LogP contribution in [0.15, 0.2) is 6.20 Å². The Balaban J connectivity index is 1.74. The summed E-state index contributed by atoms with van der Waals surface area (Å²) in [5.41, 5.74) is 0. The fourth-order valence-corrected chi connectivity index (χ4v) is 1.96. The van der Waals surface area contributed by atoms with Crippen molar-refractivity contribution in [1.82, 2.24) is 14.9 Å². The quantitative estimate of drug-likeness (QED) is 0.746. The zero-order valence-corrected chi connectivity index (χ0v) is 8.20. The lowest BCUT2D eigenvalue weighted by molar-refractivity contribution is 0.136. The van der Waals surface area contributed by atoms with Gasteiger partial charge in [-0.05, 0) is 12.8 Å². The Morgan fingerprint density at radius 2 is 2.36 bits per heavy atom. The van der Waals surface area contributed by atoms with Gasteiger partial charge in [-0.2, -0.15) is 4.98 Å². The van der Waals surface area contributed by atoms with E-state index in [1.807, 2.05) is 6.20 Å². The first kappa shape index (κ1) is 8.29. The SMILES string of the molecule is c1c(OC2CNC2)nc2n1CCCC2. The maximum atomic E-state index is 5.71. The van der Waals surface area contributed by atoms with Gasteiger partial charge in [0.15, 0.2) is 0 Å². The lowest BCUT2D eigenvalue weighted by atomic mass is 10.2. The number of aryl methyl sites for hydroxylation is 2. The second-order valence-corrected chi connectivity index (χ2v) is 4.04. The van der Waals surface area contributed by atoms with Gasteiger partial charge in [-0.1, -0.05) is 0 Å². The van der Waals surface area contributed by atoms with Crippen molar-refractivity contribution in [3.63, 3.8) is 0 Å². The summed E-state index contributed by atoms with van der Waals surface area (Å²) in [5.74, 6) is 2.01. The van der Waals surface area contributed by atoms with Crippen molar-refractivity contribution in [2.45, 2.75) is 31.9 Å². The number of nitrogens with zero attached hydrogens (tertiary/aromatic N) is 2. The average molecular weight is 193 g/mol. The molecule has 2 aliphatic heterocycles. The van der Waals surface area contributed by atoms with E-state index in [0.29, 0.717) is 6.10 Å². The number of rotatable bonds is 2. The number of hydrogen-bond donors (Lipinski definition) is 1. The second kappa shape index (κ2) is 3.28. The van der Waals surface area contributed by atoms with Crippen LogP contribution >= 0.6 is 0 Å². The molecule has 0 aromatic carbocycles. The van der Waals surface area contributed by atoms with Crippen LogP contribution in [0.25, 0.3) is 0 Å². The van der Waals surface area contributed by atoms with E-state index in [1.54, 1.807) is 0 Å². The number of hydrogen-bond acceptors (Lipinski definition) is 3. The van der Waals surface area contributed by atoms with Gasteiger partial charge in [0, 0.05) is 26.1 Å². The predicted molar refractivity (Wildman–Crippen MR) is 52.5 cm³/mol. The molecule has 1 fully saturated rings. The van der Waals surface area contributed by atoms with Crippen LogP contribution in [-0.2, 0) is 13.0 Å². The van der Waals surface area contributed by atoms with E-state index in [4.69, 9.17) is 4.74 Å². The fourth-order valence-electron chi connectivity index (χ4n) is 1.96. The molecule has 1 N–H and O–H groups in total. The normalized spacial score (nSPS) is 21.4. The molecule has 0 atom stereocenters. The minimum absolute atomic E-state index is 0.340. The summed E-state index contributed by atoms with van der Waals surface area (Å²) in [6, 6.07) is 0. The molecule has 1 aromatic heterocycles. The maximum Gasteiger partial charge on any atom is 0.232 e. The van der Waals surface area contributed by atoms with Gasteiger partial charge in [0.25, 0.3) is 0 Å². The first-order valence-corrected chi connectivity index (χ1v) is 5.35. The van der Waals surface area contributed by atoms with Crippen molar-refractivity contribution in [3.8, 4) is 5.88 Å². The van der Waals surface area contributed by atoms with Crippen molar-refractivity contribution >= 4 is 0 Å². The molecule has 0 aliphatic carbocycles. The van der Waals surface area contributed by atoms with Gasteiger partial charge in [-0.15, -0.1) is 0 Å². The van der Waals surface area contributed by atoms with E-state index in [-0.39, 0.29) is 0 Å². The molecule has 4 heteroatoms. The number of fused-ring (bicyclic) bond motifs is 1. The molecule has 0 bridgehead atoms. The van der Waals surface area contributed by atoms with Crippen LogP contribution in [0.4, 0.5) is 0 Å². The smallest absolute Gasteiger partial charge is 0.232 e. The van der Waals surface area contributed by atoms with Crippen LogP contribution in [0.5, 0.6) is 5.88 Å². The van der Waals surface area contributed by atoms with E-state index in [9.17, 15) is 0 Å². The van der Waals surface area contributed by atoms with Crippen molar-refractivity contribution in [3.05, 3.63) is 12.0 Å². The number of imidazole rings is 1. The first-order valence-electron chi connectivity index (χ1n) is 5.35. The predicted octanol–water partition coefficient (Wildman–Crippen LogP) is 0.570. The molecule has 3 heterocycles. The van der Waals surface area contributed by atoms with E-state index in [0.717, 1.165) is 31.9 Å². The molecule has 1 saturated heterocycles. The van der Waals surface area contributed by atoms with Gasteiger partial charge in [0.05, 0.1) is 6.20 Å². The summed E-state index contributed by atoms with van der Waals surface area (Å²) in [6.07, 6.45) is 6.03. The Morgan fingerprint density at radius 1 is 1.43 bits per heavy atom. The molecule has 2 aliphatic rings. The van der Waals surface area contributed by atoms with Gasteiger partial charge in [-0.3, -0.25) is 0 Å². The van der Waals surface area contributed by atoms with Gasteiger partial charge in [0.2, 0.25) is 5.88 Å². The van der Waals surface area contributed by atoms with Crippen LogP contribution in [0.1, 0.15) is 18.7 Å². The molecule has 0 radical (unpaired) electrons. The molecule has 14 heavy (non-hydrogen) atoms. The number of ether oxygens (including phenoxy) is 1. The minimum atomic E-state index is 0.340. The molecule has 1 aromatic rings. The third kappa shape index (κ3) is 1.39. The Bertz CT molecular complexity index is 307. The standard InChI is InChI=1S/C10H15N3O/c1-2-4-13-7-10(12-9(13)3-1)14-8-5-11-6-8/h7-8,11H,1-6H2. The van der Waals surface area contributed by atoms with Crippen molar-refractivity contribution in [2.24, 2.45) is 0 Å². The lowest BCUT2D eigenvalue weighted by Crippen LogP contribution is -2.50. The monoisotopic (exact) mass is 193 g/mol. The molecule has 0 saturated carbocycles. The van der Waals surface area contributed by atoms with Crippen LogP contribution in [-0.4, -0.2) is 28.7 Å². The summed E-state index contributed by atoms with van der Waals surface area (Å²) in [7, 11) is 0. The third-order valence-corrected chi connectivity index (χ3v) is 2.92. The van der Waals surface area contributed by atoms with Gasteiger partial charge in [-0.25, -0.2) is 0 Å². The highest BCUT2D eigenvalue weighted by Crippen LogP contribution is 2.19. The highest BCUT2D eigenvalue weighted by Gasteiger charge is 2.20. The fraction of sp³-hybridized carbons (Fsp3) is 0.700. The molecule has 3 rings (SSSR count). The zero-order valence-electron chi connectivity index (χ0n) is 8.20. The minimum Gasteiger partial charge on any atom is -0.471 e. The Labute approximate surface area is 83.3 Å². The topological polar surface area (TPSA) is 39.1 Å². The zero-order chi connectivity index (χ0) is 9.38. The van der Waals surface area contributed by atoms with Crippen LogP contribution in [0, 0.1) is 0 Å². The maximum absolute atomic E-state index is 5.71. The highest BCUT2D eigenvalue weighted by atomic mass is 16.5. The molecule has 0 spiro atoms. The summed E-state index contributed by atoms with van der Waals surface area (Å²) in [4.78, 5) is 4.49. The average Bonchev–Trinajstić information content (AvgIpc) is 2.53. The number of aromatic nitrogens is 2. The highest BCUT2D eigenvalue weighted by molar-refractivity contribution is 5.12. The molecular weight excluding hydrogens is 178 g/mol. The summed E-state index contributed by atoms with van der Waals surface area (Å²) < 4.78 is 7.94. The molecule has 76 valence electrons. The van der Waals surface area contributed by atoms with E-state index < -0.39 is 0 Å². The van der Waals surface area contributed by atoms with Gasteiger partial charge in [0.1, 0.15) is 11.9 Å². The third-order valence-electron chi connectivity index (χ3n) is 2.92. The molecule has 0 amide bonds. The van der Waals surface area contributed by atoms with Gasteiger partial charge < -0.3 is 14.6 Å². The Morgan fingerprint density at radius 3 is 3.07 bits per heavy atom. The summed E-state index contributed by atoms with van der Waals surface area (Å²) in [6.45, 7) is 3.03. The van der Waals surface area contributed by atoms with E-state index >= 15 is 0 Å². The molecule has 0 unspecified atom stereocenters. The summed E-state index contributed by atoms with van der Waals surface area (Å²) in [5, 5.41) is 3.18. The second-order valence-electron chi connectivity index (χ2n) is 4.04. The van der Waals surface area contributed by atoms with Crippen LogP contribution < -0.4 is 10.1 Å². The van der Waals surface area contributed by atoms with Crippen LogP contribution in [0.3, 0.4) is 0 Å². The summed E-state index contributed by atoms with van der Waals surface area (Å²) >= 11 is 0. The first-order chi connectivity index (χ1) is 6.92. The lowest BCUT2D eigenvalue weighted by Gasteiger charge is -2.26.